The average Bonchev–Trinajstić information content (AvgIpc) is 2.34. The molecule has 0 aliphatic heterocycles. The van der Waals surface area contributed by atoms with E-state index in [-0.39, 0.29) is 22.1 Å². The monoisotopic (exact) mass is 296 g/mol. The molecule has 1 aromatic rings. The first-order valence-electron chi connectivity index (χ1n) is 5.30. The van der Waals surface area contributed by atoms with Crippen molar-refractivity contribution in [1.82, 2.24) is 0 Å². The van der Waals surface area contributed by atoms with Gasteiger partial charge in [-0.2, -0.15) is 13.2 Å². The normalized spacial score (nSPS) is 11.3. The summed E-state index contributed by atoms with van der Waals surface area (Å²) < 4.78 is 46.1. The molecule has 19 heavy (non-hydrogen) atoms. The third-order valence-corrected chi connectivity index (χ3v) is 2.78. The highest BCUT2D eigenvalue weighted by atomic mass is 35.5. The highest BCUT2D eigenvalue weighted by Gasteiger charge is 2.29. The number of hydrogen-bond donors (Lipinski definition) is 0. The Morgan fingerprint density at radius 1 is 1.26 bits per heavy atom. The van der Waals surface area contributed by atoms with E-state index in [1.807, 2.05) is 0 Å². The van der Waals surface area contributed by atoms with E-state index in [1.54, 1.807) is 0 Å². The minimum Gasteiger partial charge on any atom is -0.495 e. The number of ether oxygens (including phenoxy) is 2. The Morgan fingerprint density at radius 3 is 2.37 bits per heavy atom. The molecule has 0 heterocycles. The fourth-order valence-electron chi connectivity index (χ4n) is 1.50. The van der Waals surface area contributed by atoms with Gasteiger partial charge in [0.05, 0.1) is 26.2 Å². The Morgan fingerprint density at radius 2 is 1.89 bits per heavy atom. The molecule has 0 aliphatic carbocycles. The van der Waals surface area contributed by atoms with E-state index in [1.165, 1.54) is 26.4 Å². The van der Waals surface area contributed by atoms with E-state index >= 15 is 0 Å². The lowest BCUT2D eigenvalue weighted by atomic mass is 10.0. The Balaban J connectivity index is 3.00. The van der Waals surface area contributed by atoms with Crippen LogP contribution in [0.1, 0.15) is 23.2 Å². The number of methoxy groups -OCH3 is 2. The van der Waals surface area contributed by atoms with Crippen molar-refractivity contribution in [3.05, 3.63) is 22.7 Å². The van der Waals surface area contributed by atoms with E-state index in [9.17, 15) is 18.0 Å². The predicted octanol–water partition coefficient (Wildman–Crippen LogP) is 3.88. The Hall–Kier alpha value is -1.43. The molecule has 106 valence electrons. The smallest absolute Gasteiger partial charge is 0.389 e. The van der Waals surface area contributed by atoms with Gasteiger partial charge in [-0.15, -0.1) is 0 Å². The first kappa shape index (κ1) is 15.6. The van der Waals surface area contributed by atoms with Crippen LogP contribution in [-0.2, 0) is 0 Å². The van der Waals surface area contributed by atoms with Crippen molar-refractivity contribution >= 4 is 17.4 Å². The van der Waals surface area contributed by atoms with Gasteiger partial charge in [0.25, 0.3) is 0 Å². The van der Waals surface area contributed by atoms with E-state index in [0.29, 0.717) is 0 Å². The number of rotatable bonds is 5. The summed E-state index contributed by atoms with van der Waals surface area (Å²) in [4.78, 5) is 11.7. The molecule has 0 bridgehead atoms. The summed E-state index contributed by atoms with van der Waals surface area (Å²) in [6.45, 7) is 0. The molecule has 0 spiro atoms. The molecule has 1 aromatic carbocycles. The molecular weight excluding hydrogens is 285 g/mol. The van der Waals surface area contributed by atoms with Crippen molar-refractivity contribution in [1.29, 1.82) is 0 Å². The topological polar surface area (TPSA) is 35.5 Å². The van der Waals surface area contributed by atoms with Gasteiger partial charge < -0.3 is 9.47 Å². The van der Waals surface area contributed by atoms with Gasteiger partial charge in [0.2, 0.25) is 0 Å². The van der Waals surface area contributed by atoms with Crippen LogP contribution in [0.4, 0.5) is 13.2 Å². The second-order valence-corrected chi connectivity index (χ2v) is 4.08. The Bertz CT molecular complexity index is 472. The summed E-state index contributed by atoms with van der Waals surface area (Å²) >= 11 is 5.92. The average molecular weight is 297 g/mol. The number of carbonyl (C=O) groups is 1. The van der Waals surface area contributed by atoms with Crippen molar-refractivity contribution in [3.8, 4) is 11.5 Å². The van der Waals surface area contributed by atoms with Crippen LogP contribution in [0.2, 0.25) is 5.02 Å². The van der Waals surface area contributed by atoms with Crippen molar-refractivity contribution in [2.24, 2.45) is 0 Å². The van der Waals surface area contributed by atoms with Crippen molar-refractivity contribution in [2.75, 3.05) is 14.2 Å². The van der Waals surface area contributed by atoms with Crippen LogP contribution in [0.25, 0.3) is 0 Å². The van der Waals surface area contributed by atoms with Crippen molar-refractivity contribution in [2.45, 2.75) is 19.0 Å². The zero-order chi connectivity index (χ0) is 14.6. The lowest BCUT2D eigenvalue weighted by Crippen LogP contribution is -2.11. The van der Waals surface area contributed by atoms with Crippen LogP contribution in [0.15, 0.2) is 12.1 Å². The molecule has 0 saturated heterocycles. The molecule has 0 atom stereocenters. The summed E-state index contributed by atoms with van der Waals surface area (Å²) in [6, 6.07) is 2.74. The zero-order valence-electron chi connectivity index (χ0n) is 10.3. The molecule has 0 saturated carbocycles. The maximum Gasteiger partial charge on any atom is 0.389 e. The van der Waals surface area contributed by atoms with Gasteiger partial charge in [-0.05, 0) is 12.1 Å². The number of Topliss-reactive ketones (excluding diaryl/α,β-unsaturated/α-hetero) is 1. The third kappa shape index (κ3) is 4.02. The second-order valence-electron chi connectivity index (χ2n) is 3.70. The summed E-state index contributed by atoms with van der Waals surface area (Å²) in [7, 11) is 2.66. The summed E-state index contributed by atoms with van der Waals surface area (Å²) in [5, 5.41) is 0.0582. The van der Waals surface area contributed by atoms with E-state index in [2.05, 4.69) is 0 Å². The number of ketones is 1. The molecular formula is C12H12ClF3O3. The fraction of sp³-hybridized carbons (Fsp3) is 0.417. The van der Waals surface area contributed by atoms with Crippen LogP contribution >= 0.6 is 11.6 Å². The molecule has 0 amide bonds. The molecule has 0 N–H and O–H groups in total. The van der Waals surface area contributed by atoms with Crippen molar-refractivity contribution in [3.63, 3.8) is 0 Å². The minimum atomic E-state index is -4.38. The predicted molar refractivity (Wildman–Crippen MR) is 64.2 cm³/mol. The van der Waals surface area contributed by atoms with Gasteiger partial charge in [-0.1, -0.05) is 11.6 Å². The van der Waals surface area contributed by atoms with Crippen LogP contribution < -0.4 is 9.47 Å². The second kappa shape index (κ2) is 6.14. The van der Waals surface area contributed by atoms with Crippen LogP contribution in [0.5, 0.6) is 11.5 Å². The zero-order valence-corrected chi connectivity index (χ0v) is 11.1. The number of halogens is 4. The number of hydrogen-bond acceptors (Lipinski definition) is 3. The number of carbonyl (C=O) groups excluding carboxylic acids is 1. The highest BCUT2D eigenvalue weighted by molar-refractivity contribution is 6.34. The Labute approximate surface area is 113 Å². The maximum atomic E-state index is 12.1. The molecule has 0 unspecified atom stereocenters. The van der Waals surface area contributed by atoms with Crippen LogP contribution in [0, 0.1) is 0 Å². The van der Waals surface area contributed by atoms with Gasteiger partial charge in [0, 0.05) is 6.42 Å². The van der Waals surface area contributed by atoms with Gasteiger partial charge >= 0.3 is 6.18 Å². The molecule has 3 nitrogen and oxygen atoms in total. The van der Waals surface area contributed by atoms with Crippen molar-refractivity contribution < 1.29 is 27.4 Å². The fourth-order valence-corrected chi connectivity index (χ4v) is 1.82. The highest BCUT2D eigenvalue weighted by Crippen LogP contribution is 2.37. The Kier molecular flexibility index (Phi) is 5.05. The molecule has 7 heteroatoms. The van der Waals surface area contributed by atoms with Crippen LogP contribution in [-0.4, -0.2) is 26.2 Å². The molecule has 0 fully saturated rings. The molecule has 1 rings (SSSR count). The SMILES string of the molecule is COc1ccc(C(=O)CCC(F)(F)F)c(OC)c1Cl. The quantitative estimate of drug-likeness (QED) is 0.774. The van der Waals surface area contributed by atoms with E-state index in [0.717, 1.165) is 0 Å². The van der Waals surface area contributed by atoms with E-state index in [4.69, 9.17) is 21.1 Å². The molecule has 0 aromatic heterocycles. The molecule has 0 radical (unpaired) electrons. The van der Waals surface area contributed by atoms with Gasteiger partial charge in [-0.3, -0.25) is 4.79 Å². The van der Waals surface area contributed by atoms with E-state index < -0.39 is 24.8 Å². The van der Waals surface area contributed by atoms with Gasteiger partial charge in [0.1, 0.15) is 10.8 Å². The standard InChI is InChI=1S/C12H12ClF3O3/c1-18-9-4-3-7(11(19-2)10(9)13)8(17)5-6-12(14,15)16/h3-4H,5-6H2,1-2H3. The van der Waals surface area contributed by atoms with Gasteiger partial charge in [0.15, 0.2) is 11.5 Å². The summed E-state index contributed by atoms with van der Waals surface area (Å²) in [6.07, 6.45) is -6.21. The molecule has 0 aliphatic rings. The largest absolute Gasteiger partial charge is 0.495 e. The number of alkyl halides is 3. The lowest BCUT2D eigenvalue weighted by Gasteiger charge is -2.12. The van der Waals surface area contributed by atoms with Crippen LogP contribution in [0.3, 0.4) is 0 Å². The minimum absolute atomic E-state index is 0.0116. The lowest BCUT2D eigenvalue weighted by molar-refractivity contribution is -0.133. The summed E-state index contributed by atoms with van der Waals surface area (Å²) in [5.41, 5.74) is 0.0116. The third-order valence-electron chi connectivity index (χ3n) is 2.42. The first-order valence-corrected chi connectivity index (χ1v) is 5.68. The number of benzene rings is 1. The summed E-state index contributed by atoms with van der Waals surface area (Å²) in [5.74, 6) is -0.377. The maximum absolute atomic E-state index is 12.1. The first-order chi connectivity index (χ1) is 8.80. The van der Waals surface area contributed by atoms with Gasteiger partial charge in [-0.25, -0.2) is 0 Å².